The predicted molar refractivity (Wildman–Crippen MR) is 98.0 cm³/mol. The van der Waals surface area contributed by atoms with Gasteiger partial charge in [-0.05, 0) is 37.1 Å². The lowest BCUT2D eigenvalue weighted by atomic mass is 9.95. The fourth-order valence-corrected chi connectivity index (χ4v) is 4.41. The third-order valence-corrected chi connectivity index (χ3v) is 5.68. The van der Waals surface area contributed by atoms with Gasteiger partial charge in [-0.25, -0.2) is 0 Å². The normalized spacial score (nSPS) is 24.5. The van der Waals surface area contributed by atoms with Crippen LogP contribution in [0.4, 0.5) is 0 Å². The minimum absolute atomic E-state index is 0.592. The molecule has 5 heterocycles. The van der Waals surface area contributed by atoms with E-state index in [2.05, 4.69) is 43.3 Å². The van der Waals surface area contributed by atoms with Crippen LogP contribution in [-0.2, 0) is 18.8 Å². The Hall–Kier alpha value is -1.44. The molecule has 134 valence electrons. The van der Waals surface area contributed by atoms with E-state index < -0.39 is 0 Å². The zero-order chi connectivity index (χ0) is 17.1. The fraction of sp³-hybridized carbons (Fsp3) is 0.611. The highest BCUT2D eigenvalue weighted by atomic mass is 32.2. The molecular weight excluding hydrogens is 334 g/mol. The van der Waals surface area contributed by atoms with E-state index in [9.17, 15) is 0 Å². The van der Waals surface area contributed by atoms with E-state index in [1.165, 1.54) is 25.1 Å². The van der Waals surface area contributed by atoms with E-state index >= 15 is 0 Å². The second-order valence-corrected chi connectivity index (χ2v) is 7.95. The molecule has 3 saturated heterocycles. The molecule has 0 amide bonds. The highest BCUT2D eigenvalue weighted by molar-refractivity contribution is 7.97. The van der Waals surface area contributed by atoms with Crippen molar-refractivity contribution in [3.05, 3.63) is 41.8 Å². The van der Waals surface area contributed by atoms with Crippen LogP contribution in [0.3, 0.4) is 0 Å². The molecule has 0 unspecified atom stereocenters. The maximum absolute atomic E-state index is 5.43. The summed E-state index contributed by atoms with van der Waals surface area (Å²) < 4.78 is 5.43. The third-order valence-electron chi connectivity index (χ3n) is 5.14. The van der Waals surface area contributed by atoms with Crippen LogP contribution in [0, 0.1) is 5.92 Å². The minimum atomic E-state index is 0.592. The maximum Gasteiger partial charge on any atom is 0.240 e. The van der Waals surface area contributed by atoms with Crippen LogP contribution in [0.25, 0.3) is 0 Å². The Morgan fingerprint density at radius 2 is 2.16 bits per heavy atom. The van der Waals surface area contributed by atoms with Crippen molar-refractivity contribution in [2.24, 2.45) is 5.92 Å². The van der Waals surface area contributed by atoms with Crippen LogP contribution in [0.1, 0.15) is 30.3 Å². The van der Waals surface area contributed by atoms with Gasteiger partial charge in [0.05, 0.1) is 18.0 Å². The van der Waals surface area contributed by atoms with Gasteiger partial charge in [0.2, 0.25) is 5.89 Å². The van der Waals surface area contributed by atoms with Crippen molar-refractivity contribution in [1.29, 1.82) is 0 Å². The molecule has 0 aliphatic carbocycles. The van der Waals surface area contributed by atoms with Gasteiger partial charge >= 0.3 is 0 Å². The van der Waals surface area contributed by atoms with Crippen LogP contribution in [-0.4, -0.2) is 56.9 Å². The van der Waals surface area contributed by atoms with E-state index in [1.54, 1.807) is 11.8 Å². The third kappa shape index (κ3) is 4.22. The first kappa shape index (κ1) is 17.0. The summed E-state index contributed by atoms with van der Waals surface area (Å²) in [6.45, 7) is 5.08. The molecule has 3 aliphatic rings. The maximum atomic E-state index is 5.43. The van der Waals surface area contributed by atoms with Gasteiger partial charge < -0.3 is 4.52 Å². The topological polar surface area (TPSA) is 58.3 Å². The summed E-state index contributed by atoms with van der Waals surface area (Å²) in [6.07, 6.45) is 6.54. The molecule has 5 rings (SSSR count). The summed E-state index contributed by atoms with van der Waals surface area (Å²) in [5, 5.41) is 4.07. The van der Waals surface area contributed by atoms with Gasteiger partial charge in [0.25, 0.3) is 0 Å². The van der Waals surface area contributed by atoms with Crippen LogP contribution in [0.15, 0.2) is 28.9 Å². The van der Waals surface area contributed by atoms with Gasteiger partial charge in [0, 0.05) is 38.4 Å². The van der Waals surface area contributed by atoms with Gasteiger partial charge in [0.15, 0.2) is 5.82 Å². The van der Waals surface area contributed by atoms with Crippen molar-refractivity contribution in [2.45, 2.75) is 37.7 Å². The number of hydrogen-bond donors (Lipinski definition) is 0. The monoisotopic (exact) mass is 359 g/mol. The quantitative estimate of drug-likeness (QED) is 0.785. The number of pyridine rings is 1. The summed E-state index contributed by atoms with van der Waals surface area (Å²) >= 11 is 1.72. The van der Waals surface area contributed by atoms with Gasteiger partial charge in [0.1, 0.15) is 0 Å². The van der Waals surface area contributed by atoms with Crippen molar-refractivity contribution in [3.63, 3.8) is 0 Å². The Bertz CT molecular complexity index is 679. The van der Waals surface area contributed by atoms with Crippen molar-refractivity contribution >= 4 is 11.8 Å². The second kappa shape index (κ2) is 7.85. The van der Waals surface area contributed by atoms with Gasteiger partial charge in [-0.2, -0.15) is 16.7 Å². The van der Waals surface area contributed by atoms with Crippen LogP contribution in [0.2, 0.25) is 0 Å². The van der Waals surface area contributed by atoms with E-state index in [4.69, 9.17) is 4.52 Å². The Kier molecular flexibility index (Phi) is 5.33. The molecule has 3 fully saturated rings. The molecular formula is C18H25N5OS. The average Bonchev–Trinajstić information content (AvgIpc) is 2.87. The Morgan fingerprint density at radius 3 is 3.00 bits per heavy atom. The average molecular weight is 359 g/mol. The summed E-state index contributed by atoms with van der Waals surface area (Å²) in [5.41, 5.74) is 1.17. The standard InChI is InChI=1S/C18H25N5OS/c1-25-13-17-20-18(24-21-17)12-22-8-14-5-6-16(11-22)23(9-14)10-15-4-2-3-7-19-15/h2-4,7,14,16H,5-6,8-13H2,1H3/t14-,16+/m1/s1. The lowest BCUT2D eigenvalue weighted by Crippen LogP contribution is -2.43. The number of rotatable bonds is 6. The Labute approximate surface area is 153 Å². The van der Waals surface area contributed by atoms with Gasteiger partial charge in [-0.3, -0.25) is 14.8 Å². The summed E-state index contributed by atoms with van der Waals surface area (Å²) in [4.78, 5) is 14.1. The summed E-state index contributed by atoms with van der Waals surface area (Å²) in [6, 6.07) is 6.78. The van der Waals surface area contributed by atoms with Crippen molar-refractivity contribution < 1.29 is 4.52 Å². The molecule has 6 nitrogen and oxygen atoms in total. The van der Waals surface area contributed by atoms with Crippen LogP contribution in [0.5, 0.6) is 0 Å². The molecule has 2 aromatic rings. The molecule has 0 saturated carbocycles. The first-order chi connectivity index (χ1) is 12.3. The molecule has 2 atom stereocenters. The number of fused-ring (bicyclic) bond motifs is 4. The Morgan fingerprint density at radius 1 is 1.20 bits per heavy atom. The lowest BCUT2D eigenvalue weighted by Gasteiger charge is -2.35. The van der Waals surface area contributed by atoms with Crippen molar-refractivity contribution in [1.82, 2.24) is 24.9 Å². The highest BCUT2D eigenvalue weighted by Gasteiger charge is 2.35. The highest BCUT2D eigenvalue weighted by Crippen LogP contribution is 2.29. The summed E-state index contributed by atoms with van der Waals surface area (Å²) in [5.74, 6) is 3.09. The molecule has 0 N–H and O–H groups in total. The van der Waals surface area contributed by atoms with Gasteiger partial charge in [-0.1, -0.05) is 11.2 Å². The van der Waals surface area contributed by atoms with Crippen LogP contribution < -0.4 is 0 Å². The van der Waals surface area contributed by atoms with E-state index in [0.717, 1.165) is 49.6 Å². The summed E-state index contributed by atoms with van der Waals surface area (Å²) in [7, 11) is 0. The SMILES string of the molecule is CSCc1noc(CN2C[C@H]3CC[C@@H](C2)N(Cc2ccccn2)C3)n1. The first-order valence-corrected chi connectivity index (χ1v) is 10.4. The molecule has 7 heteroatoms. The number of nitrogens with zero attached hydrogens (tertiary/aromatic N) is 5. The molecule has 0 aromatic carbocycles. The molecule has 2 bridgehead atoms. The minimum Gasteiger partial charge on any atom is -0.338 e. The second-order valence-electron chi connectivity index (χ2n) is 7.08. The largest absolute Gasteiger partial charge is 0.338 e. The van der Waals surface area contributed by atoms with Crippen molar-refractivity contribution in [3.8, 4) is 0 Å². The molecule has 2 aromatic heterocycles. The molecule has 3 aliphatic heterocycles. The van der Waals surface area contributed by atoms with E-state index in [-0.39, 0.29) is 0 Å². The van der Waals surface area contributed by atoms with Gasteiger partial charge in [-0.15, -0.1) is 0 Å². The zero-order valence-electron chi connectivity index (χ0n) is 14.7. The number of piperidine rings is 1. The smallest absolute Gasteiger partial charge is 0.240 e. The first-order valence-electron chi connectivity index (χ1n) is 8.97. The fourth-order valence-electron chi connectivity index (χ4n) is 4.03. The molecule has 0 radical (unpaired) electrons. The van der Waals surface area contributed by atoms with E-state index in [1.807, 2.05) is 12.3 Å². The zero-order valence-corrected chi connectivity index (χ0v) is 15.5. The number of hydrogen-bond acceptors (Lipinski definition) is 7. The number of thioether (sulfide) groups is 1. The van der Waals surface area contributed by atoms with Crippen molar-refractivity contribution in [2.75, 3.05) is 25.9 Å². The van der Waals surface area contributed by atoms with Crippen LogP contribution >= 0.6 is 11.8 Å². The Balaban J connectivity index is 1.40. The molecule has 0 spiro atoms. The van der Waals surface area contributed by atoms with E-state index in [0.29, 0.717) is 6.04 Å². The lowest BCUT2D eigenvalue weighted by molar-refractivity contribution is 0.121. The number of aromatic nitrogens is 3. The molecule has 25 heavy (non-hydrogen) atoms. The predicted octanol–water partition coefficient (Wildman–Crippen LogP) is 2.42.